The predicted molar refractivity (Wildman–Crippen MR) is 179 cm³/mol. The lowest BCUT2D eigenvalue weighted by atomic mass is 10.0. The summed E-state index contributed by atoms with van der Waals surface area (Å²) in [4.78, 5) is 23.8. The van der Waals surface area contributed by atoms with Crippen LogP contribution < -0.4 is 0 Å². The second kappa shape index (κ2) is 31.5. The molecular formula is C37H66O6. The van der Waals surface area contributed by atoms with E-state index < -0.39 is 12.2 Å². The summed E-state index contributed by atoms with van der Waals surface area (Å²) in [6, 6.07) is 0. The molecule has 1 unspecified atom stereocenters. The van der Waals surface area contributed by atoms with Gasteiger partial charge in [0, 0.05) is 12.8 Å². The molecule has 0 aliphatic carbocycles. The van der Waals surface area contributed by atoms with E-state index in [1.165, 1.54) is 51.4 Å². The molecule has 0 aliphatic rings. The highest BCUT2D eigenvalue weighted by Gasteiger charge is 2.12. The third kappa shape index (κ3) is 32.8. The van der Waals surface area contributed by atoms with Gasteiger partial charge in [-0.2, -0.15) is 0 Å². The van der Waals surface area contributed by atoms with Gasteiger partial charge in [0.05, 0.1) is 6.10 Å². The van der Waals surface area contributed by atoms with Crippen LogP contribution in [0.15, 0.2) is 36.5 Å². The molecule has 0 radical (unpaired) electrons. The summed E-state index contributed by atoms with van der Waals surface area (Å²) in [5, 5.41) is 20.0. The number of rotatable bonds is 30. The maximum atomic E-state index is 11.9. The summed E-state index contributed by atoms with van der Waals surface area (Å²) in [5.74, 6) is 0.180. The van der Waals surface area contributed by atoms with Crippen molar-refractivity contribution in [3.8, 4) is 0 Å². The zero-order valence-electron chi connectivity index (χ0n) is 28.0. The number of carbonyl (C=O) groups excluding carboxylic acids is 2. The zero-order chi connectivity index (χ0) is 31.8. The molecule has 0 amide bonds. The lowest BCUT2D eigenvalue weighted by Gasteiger charge is -2.12. The lowest BCUT2D eigenvalue weighted by Crippen LogP contribution is -2.25. The Morgan fingerprint density at radius 3 is 1.56 bits per heavy atom. The van der Waals surface area contributed by atoms with Crippen LogP contribution >= 0.6 is 0 Å². The summed E-state index contributed by atoms with van der Waals surface area (Å²) < 4.78 is 10.3. The highest BCUT2D eigenvalue weighted by atomic mass is 16.6. The molecule has 0 aliphatic heterocycles. The quantitative estimate of drug-likeness (QED) is 0.0366. The van der Waals surface area contributed by atoms with Gasteiger partial charge in [-0.15, -0.1) is 0 Å². The zero-order valence-corrected chi connectivity index (χ0v) is 28.0. The monoisotopic (exact) mass is 606 g/mol. The average Bonchev–Trinajstić information content (AvgIpc) is 2.98. The van der Waals surface area contributed by atoms with E-state index in [1.807, 2.05) is 18.2 Å². The molecule has 0 aromatic carbocycles. The van der Waals surface area contributed by atoms with E-state index >= 15 is 0 Å². The summed E-state index contributed by atoms with van der Waals surface area (Å²) >= 11 is 0. The van der Waals surface area contributed by atoms with Crippen molar-refractivity contribution in [3.63, 3.8) is 0 Å². The maximum absolute atomic E-state index is 11.9. The Kier molecular flexibility index (Phi) is 30.1. The minimum absolute atomic E-state index is 0.142. The molecule has 0 saturated heterocycles. The van der Waals surface area contributed by atoms with Crippen molar-refractivity contribution in [3.05, 3.63) is 36.5 Å². The molecule has 0 heterocycles. The van der Waals surface area contributed by atoms with Crippen LogP contribution in [-0.2, 0) is 19.1 Å². The molecule has 0 bridgehead atoms. The Morgan fingerprint density at radius 2 is 1.07 bits per heavy atom. The second-order valence-corrected chi connectivity index (χ2v) is 12.3. The smallest absolute Gasteiger partial charge is 0.305 e. The van der Waals surface area contributed by atoms with Gasteiger partial charge in [0.15, 0.2) is 0 Å². The molecule has 0 aromatic heterocycles. The number of allylic oxidation sites excluding steroid dienone is 5. The van der Waals surface area contributed by atoms with Crippen LogP contribution in [0.4, 0.5) is 0 Å². The van der Waals surface area contributed by atoms with Crippen molar-refractivity contribution in [2.24, 2.45) is 5.92 Å². The van der Waals surface area contributed by atoms with Crippen LogP contribution in [0.1, 0.15) is 156 Å². The van der Waals surface area contributed by atoms with Crippen molar-refractivity contribution < 1.29 is 29.3 Å². The van der Waals surface area contributed by atoms with Gasteiger partial charge in [0.2, 0.25) is 0 Å². The van der Waals surface area contributed by atoms with Crippen molar-refractivity contribution in [2.75, 3.05) is 13.2 Å². The molecule has 0 rings (SSSR count). The van der Waals surface area contributed by atoms with Gasteiger partial charge in [0.1, 0.15) is 19.3 Å². The van der Waals surface area contributed by atoms with E-state index in [4.69, 9.17) is 9.47 Å². The fourth-order valence-electron chi connectivity index (χ4n) is 4.75. The molecule has 0 fully saturated rings. The number of ether oxygens (including phenoxy) is 2. The van der Waals surface area contributed by atoms with Crippen LogP contribution in [-0.4, -0.2) is 47.6 Å². The highest BCUT2D eigenvalue weighted by molar-refractivity contribution is 5.69. The van der Waals surface area contributed by atoms with Gasteiger partial charge >= 0.3 is 11.9 Å². The van der Waals surface area contributed by atoms with Crippen LogP contribution in [0.25, 0.3) is 0 Å². The molecular weight excluding hydrogens is 540 g/mol. The Morgan fingerprint density at radius 1 is 0.605 bits per heavy atom. The van der Waals surface area contributed by atoms with E-state index in [2.05, 4.69) is 39.0 Å². The van der Waals surface area contributed by atoms with Gasteiger partial charge in [-0.05, 0) is 38.0 Å². The summed E-state index contributed by atoms with van der Waals surface area (Å²) in [7, 11) is 0. The highest BCUT2D eigenvalue weighted by Crippen LogP contribution is 2.14. The maximum Gasteiger partial charge on any atom is 0.305 e. The Hall–Kier alpha value is -1.92. The molecule has 0 saturated carbocycles. The van der Waals surface area contributed by atoms with E-state index in [0.29, 0.717) is 12.8 Å². The van der Waals surface area contributed by atoms with Gasteiger partial charge < -0.3 is 19.7 Å². The van der Waals surface area contributed by atoms with Gasteiger partial charge in [-0.25, -0.2) is 0 Å². The molecule has 0 spiro atoms. The molecule has 250 valence electrons. The van der Waals surface area contributed by atoms with Crippen molar-refractivity contribution in [1.29, 1.82) is 0 Å². The van der Waals surface area contributed by atoms with Crippen molar-refractivity contribution in [2.45, 2.75) is 168 Å². The largest absolute Gasteiger partial charge is 0.463 e. The molecule has 43 heavy (non-hydrogen) atoms. The number of esters is 2. The summed E-state index contributed by atoms with van der Waals surface area (Å²) in [6.07, 6.45) is 32.2. The molecule has 6 nitrogen and oxygen atoms in total. The minimum atomic E-state index is -0.993. The third-order valence-corrected chi connectivity index (χ3v) is 7.42. The SMILES string of the molecule is CC/C=C/C/C=C/C=C/C(O)CCCCCCCC(=O)OC[C@@H](O)COC(=O)CCCCCCCCCCCCC(C)C. The Labute approximate surface area is 264 Å². The fourth-order valence-corrected chi connectivity index (χ4v) is 4.75. The third-order valence-electron chi connectivity index (χ3n) is 7.42. The van der Waals surface area contributed by atoms with Crippen molar-refractivity contribution >= 4 is 11.9 Å². The second-order valence-electron chi connectivity index (χ2n) is 12.3. The fraction of sp³-hybridized carbons (Fsp3) is 0.784. The number of aliphatic hydroxyl groups excluding tert-OH is 2. The molecule has 0 aromatic rings. The van der Waals surface area contributed by atoms with Crippen LogP contribution in [0.5, 0.6) is 0 Å². The van der Waals surface area contributed by atoms with Gasteiger partial charge in [-0.1, -0.05) is 147 Å². The standard InChI is InChI=1S/C37H66O6/c1-4-5-6-7-12-17-22-27-34(38)28-23-18-15-20-25-30-37(41)43-32-35(39)31-42-36(40)29-24-19-14-11-9-8-10-13-16-21-26-33(2)3/h5-6,12,17,22,27,33-35,38-39H,4,7-11,13-16,18-21,23-26,28-32H2,1-3H3/b6-5+,17-12+,27-22+/t34?,35-/m0/s1. The minimum Gasteiger partial charge on any atom is -0.463 e. The number of carbonyl (C=O) groups is 2. The molecule has 2 atom stereocenters. The van der Waals surface area contributed by atoms with Crippen LogP contribution in [0.3, 0.4) is 0 Å². The average molecular weight is 607 g/mol. The Balaban J connectivity index is 3.55. The number of hydrogen-bond donors (Lipinski definition) is 2. The molecule has 2 N–H and O–H groups in total. The summed E-state index contributed by atoms with van der Waals surface area (Å²) in [6.45, 7) is 6.40. The van der Waals surface area contributed by atoms with Crippen molar-refractivity contribution in [1.82, 2.24) is 0 Å². The van der Waals surface area contributed by atoms with E-state index in [1.54, 1.807) is 0 Å². The topological polar surface area (TPSA) is 93.1 Å². The number of aliphatic hydroxyl groups is 2. The number of unbranched alkanes of at least 4 members (excludes halogenated alkanes) is 13. The van der Waals surface area contributed by atoms with E-state index in [-0.39, 0.29) is 25.2 Å². The first-order chi connectivity index (χ1) is 20.8. The Bertz CT molecular complexity index is 727. The summed E-state index contributed by atoms with van der Waals surface area (Å²) in [5.41, 5.74) is 0. The van der Waals surface area contributed by atoms with Crippen LogP contribution in [0, 0.1) is 5.92 Å². The predicted octanol–water partition coefficient (Wildman–Crippen LogP) is 9.33. The first kappa shape index (κ1) is 41.1. The van der Waals surface area contributed by atoms with E-state index in [9.17, 15) is 19.8 Å². The van der Waals surface area contributed by atoms with Gasteiger partial charge in [-0.3, -0.25) is 9.59 Å². The first-order valence-corrected chi connectivity index (χ1v) is 17.5. The van der Waals surface area contributed by atoms with E-state index in [0.717, 1.165) is 76.5 Å². The van der Waals surface area contributed by atoms with Crippen LogP contribution in [0.2, 0.25) is 0 Å². The molecule has 6 heteroatoms. The number of hydrogen-bond acceptors (Lipinski definition) is 6. The normalized spacial score (nSPS) is 13.4. The van der Waals surface area contributed by atoms with Gasteiger partial charge in [0.25, 0.3) is 0 Å². The lowest BCUT2D eigenvalue weighted by molar-refractivity contribution is -0.152. The first-order valence-electron chi connectivity index (χ1n) is 17.5.